The molecular weight excluding hydrogens is 264 g/mol. The standard InChI is InChI=1S/C17H20N2O2/c1-4-14-6-8-15(9-7-14)13(3)18-16-10-5-12(2)11-17(16)19(20)21/h5-11,13,18H,4H2,1-3H3. The lowest BCUT2D eigenvalue weighted by Crippen LogP contribution is -2.08. The molecule has 1 unspecified atom stereocenters. The largest absolute Gasteiger partial charge is 0.373 e. The van der Waals surface area contributed by atoms with Gasteiger partial charge in [-0.05, 0) is 43.0 Å². The monoisotopic (exact) mass is 284 g/mol. The molecule has 1 N–H and O–H groups in total. The second-order valence-corrected chi connectivity index (χ2v) is 5.24. The van der Waals surface area contributed by atoms with Gasteiger partial charge < -0.3 is 5.32 Å². The molecule has 2 aromatic rings. The number of anilines is 1. The fourth-order valence-corrected chi connectivity index (χ4v) is 2.27. The zero-order valence-corrected chi connectivity index (χ0v) is 12.6. The number of nitro benzene ring substituents is 1. The van der Waals surface area contributed by atoms with Crippen LogP contribution < -0.4 is 5.32 Å². The molecular formula is C17H20N2O2. The average Bonchev–Trinajstić information content (AvgIpc) is 2.49. The van der Waals surface area contributed by atoms with Gasteiger partial charge in [0.1, 0.15) is 5.69 Å². The van der Waals surface area contributed by atoms with Crippen LogP contribution in [0.1, 0.15) is 36.6 Å². The summed E-state index contributed by atoms with van der Waals surface area (Å²) in [4.78, 5) is 10.8. The predicted octanol–water partition coefficient (Wildman–Crippen LogP) is 4.64. The molecule has 4 heteroatoms. The Hall–Kier alpha value is -2.36. The van der Waals surface area contributed by atoms with Gasteiger partial charge in [-0.2, -0.15) is 0 Å². The van der Waals surface area contributed by atoms with E-state index in [0.29, 0.717) is 5.69 Å². The third-order valence-corrected chi connectivity index (χ3v) is 3.61. The van der Waals surface area contributed by atoms with Crippen LogP contribution in [0.4, 0.5) is 11.4 Å². The number of hydrogen-bond acceptors (Lipinski definition) is 3. The van der Waals surface area contributed by atoms with Crippen LogP contribution in [0.5, 0.6) is 0 Å². The summed E-state index contributed by atoms with van der Waals surface area (Å²) in [5.74, 6) is 0. The third-order valence-electron chi connectivity index (χ3n) is 3.61. The average molecular weight is 284 g/mol. The quantitative estimate of drug-likeness (QED) is 0.643. The highest BCUT2D eigenvalue weighted by Gasteiger charge is 2.16. The molecule has 110 valence electrons. The van der Waals surface area contributed by atoms with E-state index in [0.717, 1.165) is 17.5 Å². The van der Waals surface area contributed by atoms with E-state index in [1.165, 1.54) is 5.56 Å². The van der Waals surface area contributed by atoms with Gasteiger partial charge in [-0.25, -0.2) is 0 Å². The zero-order chi connectivity index (χ0) is 15.4. The smallest absolute Gasteiger partial charge is 0.292 e. The Kier molecular flexibility index (Phi) is 4.58. The molecule has 0 aliphatic heterocycles. The normalized spacial score (nSPS) is 12.0. The summed E-state index contributed by atoms with van der Waals surface area (Å²) in [6, 6.07) is 13.6. The fourth-order valence-electron chi connectivity index (χ4n) is 2.27. The molecule has 0 amide bonds. The lowest BCUT2D eigenvalue weighted by molar-refractivity contribution is -0.384. The first-order valence-corrected chi connectivity index (χ1v) is 7.11. The van der Waals surface area contributed by atoms with Gasteiger partial charge in [-0.1, -0.05) is 37.3 Å². The minimum absolute atomic E-state index is 0.0114. The van der Waals surface area contributed by atoms with E-state index in [1.54, 1.807) is 12.1 Å². The van der Waals surface area contributed by atoms with Crippen molar-refractivity contribution >= 4 is 11.4 Å². The topological polar surface area (TPSA) is 55.2 Å². The number of hydrogen-bond donors (Lipinski definition) is 1. The van der Waals surface area contributed by atoms with Crippen LogP contribution in [0.3, 0.4) is 0 Å². The summed E-state index contributed by atoms with van der Waals surface area (Å²) in [6.07, 6.45) is 1.01. The highest BCUT2D eigenvalue weighted by molar-refractivity contribution is 5.63. The van der Waals surface area contributed by atoms with Crippen molar-refractivity contribution in [2.24, 2.45) is 0 Å². The summed E-state index contributed by atoms with van der Waals surface area (Å²) in [5.41, 5.74) is 3.95. The number of nitro groups is 1. The van der Waals surface area contributed by atoms with Crippen LogP contribution in [-0.4, -0.2) is 4.92 Å². The second-order valence-electron chi connectivity index (χ2n) is 5.24. The number of nitrogens with one attached hydrogen (secondary N) is 1. The lowest BCUT2D eigenvalue weighted by Gasteiger charge is -2.16. The molecule has 0 aliphatic rings. The van der Waals surface area contributed by atoms with Gasteiger partial charge in [-0.15, -0.1) is 0 Å². The van der Waals surface area contributed by atoms with Crippen molar-refractivity contribution in [2.75, 3.05) is 5.32 Å². The Balaban J connectivity index is 2.22. The Morgan fingerprint density at radius 3 is 2.43 bits per heavy atom. The van der Waals surface area contributed by atoms with E-state index in [9.17, 15) is 10.1 Å². The molecule has 4 nitrogen and oxygen atoms in total. The molecule has 0 aromatic heterocycles. The zero-order valence-electron chi connectivity index (χ0n) is 12.6. The van der Waals surface area contributed by atoms with E-state index in [-0.39, 0.29) is 16.7 Å². The first-order valence-electron chi connectivity index (χ1n) is 7.11. The van der Waals surface area contributed by atoms with E-state index >= 15 is 0 Å². The molecule has 0 saturated carbocycles. The van der Waals surface area contributed by atoms with Crippen LogP contribution >= 0.6 is 0 Å². The number of aryl methyl sites for hydroxylation is 2. The molecule has 2 aromatic carbocycles. The second kappa shape index (κ2) is 6.39. The summed E-state index contributed by atoms with van der Waals surface area (Å²) in [6.45, 7) is 5.97. The Bertz CT molecular complexity index is 636. The number of rotatable bonds is 5. The molecule has 1 atom stereocenters. The van der Waals surface area contributed by atoms with Crippen LogP contribution in [0, 0.1) is 17.0 Å². The molecule has 21 heavy (non-hydrogen) atoms. The number of nitrogens with zero attached hydrogens (tertiary/aromatic N) is 1. The van der Waals surface area contributed by atoms with Crippen molar-refractivity contribution in [3.05, 3.63) is 69.3 Å². The van der Waals surface area contributed by atoms with Crippen molar-refractivity contribution < 1.29 is 4.92 Å². The Labute approximate surface area is 125 Å². The molecule has 0 aliphatic carbocycles. The highest BCUT2D eigenvalue weighted by Crippen LogP contribution is 2.29. The van der Waals surface area contributed by atoms with E-state index in [4.69, 9.17) is 0 Å². The van der Waals surface area contributed by atoms with Gasteiger partial charge in [0.05, 0.1) is 4.92 Å². The summed E-state index contributed by atoms with van der Waals surface area (Å²) in [7, 11) is 0. The van der Waals surface area contributed by atoms with Gasteiger partial charge in [0, 0.05) is 12.1 Å². The number of benzene rings is 2. The summed E-state index contributed by atoms with van der Waals surface area (Å²) in [5, 5.41) is 14.4. The molecule has 0 saturated heterocycles. The Morgan fingerprint density at radius 1 is 1.19 bits per heavy atom. The summed E-state index contributed by atoms with van der Waals surface area (Å²) >= 11 is 0. The lowest BCUT2D eigenvalue weighted by atomic mass is 10.0. The fraction of sp³-hybridized carbons (Fsp3) is 0.294. The minimum Gasteiger partial charge on any atom is -0.373 e. The van der Waals surface area contributed by atoms with Crippen molar-refractivity contribution in [1.82, 2.24) is 0 Å². The van der Waals surface area contributed by atoms with Crippen LogP contribution in [0.2, 0.25) is 0 Å². The van der Waals surface area contributed by atoms with Gasteiger partial charge >= 0.3 is 0 Å². The van der Waals surface area contributed by atoms with Crippen molar-refractivity contribution in [3.8, 4) is 0 Å². The van der Waals surface area contributed by atoms with E-state index in [2.05, 4.69) is 36.5 Å². The molecule has 0 heterocycles. The van der Waals surface area contributed by atoms with Crippen LogP contribution in [-0.2, 0) is 6.42 Å². The Morgan fingerprint density at radius 2 is 1.86 bits per heavy atom. The van der Waals surface area contributed by atoms with E-state index in [1.807, 2.05) is 19.9 Å². The first kappa shape index (κ1) is 15.0. The molecule has 0 spiro atoms. The maximum atomic E-state index is 11.1. The highest BCUT2D eigenvalue weighted by atomic mass is 16.6. The predicted molar refractivity (Wildman–Crippen MR) is 85.7 cm³/mol. The van der Waals surface area contributed by atoms with Gasteiger partial charge in [0.15, 0.2) is 0 Å². The van der Waals surface area contributed by atoms with Gasteiger partial charge in [0.2, 0.25) is 0 Å². The minimum atomic E-state index is -0.345. The van der Waals surface area contributed by atoms with Crippen LogP contribution in [0.15, 0.2) is 42.5 Å². The maximum absolute atomic E-state index is 11.1. The SMILES string of the molecule is CCc1ccc(C(C)Nc2ccc(C)cc2[N+](=O)[O-])cc1. The van der Waals surface area contributed by atoms with Crippen LogP contribution in [0.25, 0.3) is 0 Å². The van der Waals surface area contributed by atoms with Crippen molar-refractivity contribution in [3.63, 3.8) is 0 Å². The third kappa shape index (κ3) is 3.60. The van der Waals surface area contributed by atoms with Crippen molar-refractivity contribution in [2.45, 2.75) is 33.2 Å². The molecule has 0 bridgehead atoms. The molecule has 2 rings (SSSR count). The maximum Gasteiger partial charge on any atom is 0.292 e. The molecule has 0 radical (unpaired) electrons. The van der Waals surface area contributed by atoms with Gasteiger partial charge in [-0.3, -0.25) is 10.1 Å². The summed E-state index contributed by atoms with van der Waals surface area (Å²) < 4.78 is 0. The molecule has 0 fully saturated rings. The van der Waals surface area contributed by atoms with Crippen molar-refractivity contribution in [1.29, 1.82) is 0 Å². The first-order chi connectivity index (χ1) is 10.0. The van der Waals surface area contributed by atoms with Gasteiger partial charge in [0.25, 0.3) is 5.69 Å². The van der Waals surface area contributed by atoms with E-state index < -0.39 is 0 Å².